The summed E-state index contributed by atoms with van der Waals surface area (Å²) in [6.45, 7) is 1.20. The third-order valence-corrected chi connectivity index (χ3v) is 2.52. The molecule has 2 rings (SSSR count). The molecule has 1 heterocycles. The standard InChI is InChI=1S/C11H10F2N2/c12-9-6-15(7-9)5-8-2-1-3-11(13)10(8)4-14/h1-3,9H,5-7H2. The molecule has 0 amide bonds. The van der Waals surface area contributed by atoms with Crippen LogP contribution >= 0.6 is 0 Å². The summed E-state index contributed by atoms with van der Waals surface area (Å²) in [5.41, 5.74) is 0.698. The molecule has 0 unspecified atom stereocenters. The number of nitrogens with zero attached hydrogens (tertiary/aromatic N) is 2. The summed E-state index contributed by atoms with van der Waals surface area (Å²) >= 11 is 0. The van der Waals surface area contributed by atoms with Crippen LogP contribution in [0.25, 0.3) is 0 Å². The molecule has 1 aliphatic heterocycles. The van der Waals surface area contributed by atoms with Crippen molar-refractivity contribution in [2.45, 2.75) is 12.7 Å². The van der Waals surface area contributed by atoms with Gasteiger partial charge in [-0.05, 0) is 11.6 Å². The quantitative estimate of drug-likeness (QED) is 0.741. The molecule has 0 aliphatic carbocycles. The average molecular weight is 208 g/mol. The van der Waals surface area contributed by atoms with E-state index in [9.17, 15) is 8.78 Å². The van der Waals surface area contributed by atoms with Crippen molar-refractivity contribution in [1.29, 1.82) is 5.26 Å². The molecule has 78 valence electrons. The lowest BCUT2D eigenvalue weighted by molar-refractivity contribution is 0.0590. The molecule has 0 bridgehead atoms. The van der Waals surface area contributed by atoms with Gasteiger partial charge in [0, 0.05) is 19.6 Å². The first-order chi connectivity index (χ1) is 7.20. The second-order valence-corrected chi connectivity index (χ2v) is 3.68. The van der Waals surface area contributed by atoms with Gasteiger partial charge in [0.25, 0.3) is 0 Å². The molecule has 1 aliphatic rings. The minimum absolute atomic E-state index is 0.0693. The van der Waals surface area contributed by atoms with Crippen LogP contribution in [0.1, 0.15) is 11.1 Å². The molecule has 1 aromatic carbocycles. The fourth-order valence-corrected chi connectivity index (χ4v) is 1.70. The van der Waals surface area contributed by atoms with Gasteiger partial charge in [0.05, 0.1) is 5.56 Å². The minimum Gasteiger partial charge on any atom is -0.293 e. The SMILES string of the molecule is N#Cc1c(F)cccc1CN1CC(F)C1. The lowest BCUT2D eigenvalue weighted by Crippen LogP contribution is -2.47. The van der Waals surface area contributed by atoms with Crippen LogP contribution in [0.3, 0.4) is 0 Å². The van der Waals surface area contributed by atoms with Gasteiger partial charge < -0.3 is 0 Å². The lowest BCUT2D eigenvalue weighted by Gasteiger charge is -2.34. The summed E-state index contributed by atoms with van der Waals surface area (Å²) in [6, 6.07) is 6.36. The van der Waals surface area contributed by atoms with Gasteiger partial charge in [-0.15, -0.1) is 0 Å². The van der Waals surface area contributed by atoms with Gasteiger partial charge in [-0.1, -0.05) is 12.1 Å². The van der Waals surface area contributed by atoms with E-state index < -0.39 is 12.0 Å². The highest BCUT2D eigenvalue weighted by Crippen LogP contribution is 2.19. The van der Waals surface area contributed by atoms with Crippen molar-refractivity contribution in [3.8, 4) is 6.07 Å². The molecule has 1 saturated heterocycles. The van der Waals surface area contributed by atoms with E-state index in [1.54, 1.807) is 12.1 Å². The maximum atomic E-state index is 13.2. The third kappa shape index (κ3) is 1.97. The summed E-state index contributed by atoms with van der Waals surface area (Å²) in [4.78, 5) is 1.85. The van der Waals surface area contributed by atoms with Crippen LogP contribution in [0.15, 0.2) is 18.2 Å². The van der Waals surface area contributed by atoms with Crippen LogP contribution in [-0.2, 0) is 6.54 Å². The van der Waals surface area contributed by atoms with E-state index in [4.69, 9.17) is 5.26 Å². The van der Waals surface area contributed by atoms with Gasteiger partial charge in [-0.25, -0.2) is 8.78 Å². The molecule has 0 N–H and O–H groups in total. The number of nitriles is 1. The van der Waals surface area contributed by atoms with Crippen molar-refractivity contribution in [3.63, 3.8) is 0 Å². The monoisotopic (exact) mass is 208 g/mol. The number of benzene rings is 1. The second-order valence-electron chi connectivity index (χ2n) is 3.68. The summed E-state index contributed by atoms with van der Waals surface area (Å²) in [7, 11) is 0. The Morgan fingerprint density at radius 3 is 2.80 bits per heavy atom. The van der Waals surface area contributed by atoms with Crippen LogP contribution in [0.2, 0.25) is 0 Å². The van der Waals surface area contributed by atoms with Gasteiger partial charge in [0.2, 0.25) is 0 Å². The van der Waals surface area contributed by atoms with Crippen LogP contribution < -0.4 is 0 Å². The number of likely N-dealkylation sites (tertiary alicyclic amines) is 1. The van der Waals surface area contributed by atoms with Gasteiger partial charge >= 0.3 is 0 Å². The number of hydrogen-bond donors (Lipinski definition) is 0. The Morgan fingerprint density at radius 2 is 2.20 bits per heavy atom. The van der Waals surface area contributed by atoms with E-state index in [0.29, 0.717) is 25.2 Å². The highest BCUT2D eigenvalue weighted by molar-refractivity contribution is 5.38. The fourth-order valence-electron chi connectivity index (χ4n) is 1.70. The topological polar surface area (TPSA) is 27.0 Å². The number of alkyl halides is 1. The van der Waals surface area contributed by atoms with Crippen LogP contribution in [0, 0.1) is 17.1 Å². The van der Waals surface area contributed by atoms with Gasteiger partial charge in [0.1, 0.15) is 18.1 Å². The normalized spacial score (nSPS) is 17.1. The highest BCUT2D eigenvalue weighted by Gasteiger charge is 2.26. The molecule has 0 saturated carbocycles. The van der Waals surface area contributed by atoms with E-state index in [-0.39, 0.29) is 5.56 Å². The molecule has 2 nitrogen and oxygen atoms in total. The first kappa shape index (κ1) is 10.1. The minimum atomic E-state index is -0.774. The van der Waals surface area contributed by atoms with Gasteiger partial charge in [-0.3, -0.25) is 4.90 Å². The Labute approximate surface area is 86.7 Å². The lowest BCUT2D eigenvalue weighted by atomic mass is 10.1. The zero-order valence-electron chi connectivity index (χ0n) is 8.08. The van der Waals surface area contributed by atoms with E-state index in [2.05, 4.69) is 0 Å². The smallest absolute Gasteiger partial charge is 0.141 e. The molecular formula is C11H10F2N2. The zero-order chi connectivity index (χ0) is 10.8. The Morgan fingerprint density at radius 1 is 1.47 bits per heavy atom. The number of halogens is 2. The Balaban J connectivity index is 2.15. The van der Waals surface area contributed by atoms with Crippen LogP contribution in [0.4, 0.5) is 8.78 Å². The molecule has 0 aromatic heterocycles. The largest absolute Gasteiger partial charge is 0.293 e. The molecule has 0 radical (unpaired) electrons. The molecule has 0 spiro atoms. The van der Waals surface area contributed by atoms with Crippen molar-refractivity contribution < 1.29 is 8.78 Å². The highest BCUT2D eigenvalue weighted by atomic mass is 19.1. The Kier molecular flexibility index (Phi) is 2.65. The van der Waals surface area contributed by atoms with Gasteiger partial charge in [0.15, 0.2) is 0 Å². The summed E-state index contributed by atoms with van der Waals surface area (Å²) < 4.78 is 25.7. The van der Waals surface area contributed by atoms with E-state index in [1.807, 2.05) is 11.0 Å². The van der Waals surface area contributed by atoms with Crippen molar-refractivity contribution in [3.05, 3.63) is 35.1 Å². The summed E-state index contributed by atoms with van der Waals surface area (Å²) in [5.74, 6) is -0.507. The van der Waals surface area contributed by atoms with Crippen molar-refractivity contribution in [1.82, 2.24) is 4.90 Å². The Bertz CT molecular complexity index is 406. The van der Waals surface area contributed by atoms with Crippen molar-refractivity contribution in [2.24, 2.45) is 0 Å². The fraction of sp³-hybridized carbons (Fsp3) is 0.364. The maximum absolute atomic E-state index is 13.2. The summed E-state index contributed by atoms with van der Waals surface area (Å²) in [5, 5.41) is 8.77. The van der Waals surface area contributed by atoms with E-state index in [0.717, 1.165) is 0 Å². The maximum Gasteiger partial charge on any atom is 0.141 e. The third-order valence-electron chi connectivity index (χ3n) is 2.52. The molecule has 15 heavy (non-hydrogen) atoms. The molecular weight excluding hydrogens is 198 g/mol. The predicted octanol–water partition coefficient (Wildman–Crippen LogP) is 1.85. The molecule has 1 aromatic rings. The molecule has 1 fully saturated rings. The van der Waals surface area contributed by atoms with E-state index >= 15 is 0 Å². The van der Waals surface area contributed by atoms with Crippen LogP contribution in [-0.4, -0.2) is 24.2 Å². The summed E-state index contributed by atoms with van der Waals surface area (Å²) in [6.07, 6.45) is -0.774. The van der Waals surface area contributed by atoms with Crippen LogP contribution in [0.5, 0.6) is 0 Å². The second kappa shape index (κ2) is 3.95. The zero-order valence-corrected chi connectivity index (χ0v) is 8.08. The Hall–Kier alpha value is -1.47. The van der Waals surface area contributed by atoms with Crippen molar-refractivity contribution >= 4 is 0 Å². The number of hydrogen-bond acceptors (Lipinski definition) is 2. The van der Waals surface area contributed by atoms with E-state index in [1.165, 1.54) is 6.07 Å². The predicted molar refractivity (Wildman–Crippen MR) is 51.3 cm³/mol. The molecule has 0 atom stereocenters. The van der Waals surface area contributed by atoms with Crippen molar-refractivity contribution in [2.75, 3.05) is 13.1 Å². The average Bonchev–Trinajstić information content (AvgIpc) is 2.16. The first-order valence-corrected chi connectivity index (χ1v) is 4.74. The first-order valence-electron chi connectivity index (χ1n) is 4.74. The molecule has 4 heteroatoms. The number of rotatable bonds is 2. The van der Waals surface area contributed by atoms with Gasteiger partial charge in [-0.2, -0.15) is 5.26 Å².